The number of hydrogen-bond donors (Lipinski definition) is 1. The Morgan fingerprint density at radius 3 is 2.41 bits per heavy atom. The van der Waals surface area contributed by atoms with Crippen LogP contribution in [0.1, 0.15) is 39.9 Å². The van der Waals surface area contributed by atoms with Gasteiger partial charge in [-0.2, -0.15) is 5.26 Å². The van der Waals surface area contributed by atoms with Crippen molar-refractivity contribution in [2.45, 2.75) is 26.3 Å². The summed E-state index contributed by atoms with van der Waals surface area (Å²) >= 11 is 0. The van der Waals surface area contributed by atoms with Crippen LogP contribution in [0.2, 0.25) is 0 Å². The molecule has 0 atom stereocenters. The van der Waals surface area contributed by atoms with Gasteiger partial charge >= 0.3 is 0 Å². The molecule has 1 aliphatic rings. The van der Waals surface area contributed by atoms with E-state index in [1.165, 1.54) is 6.07 Å². The first-order chi connectivity index (χ1) is 16.5. The number of hydrogen-bond acceptors (Lipinski definition) is 3. The topological polar surface area (TPSA) is 73.2 Å². The lowest BCUT2D eigenvalue weighted by Crippen LogP contribution is -2.43. The molecule has 1 N–H and O–H groups in total. The van der Waals surface area contributed by atoms with Crippen molar-refractivity contribution in [2.24, 2.45) is 5.92 Å². The van der Waals surface area contributed by atoms with E-state index in [2.05, 4.69) is 11.4 Å². The Bertz CT molecular complexity index is 1260. The number of amides is 2. The molecule has 6 heteroatoms. The Balaban J connectivity index is 1.39. The third-order valence-corrected chi connectivity index (χ3v) is 6.35. The Morgan fingerprint density at radius 1 is 1.03 bits per heavy atom. The van der Waals surface area contributed by atoms with Gasteiger partial charge in [-0.1, -0.05) is 48.5 Å². The quantitative estimate of drug-likeness (QED) is 0.598. The van der Waals surface area contributed by atoms with E-state index >= 15 is 0 Å². The highest BCUT2D eigenvalue weighted by Crippen LogP contribution is 2.29. The van der Waals surface area contributed by atoms with E-state index in [0.717, 1.165) is 16.7 Å². The molecule has 4 rings (SSSR count). The van der Waals surface area contributed by atoms with Crippen molar-refractivity contribution >= 4 is 11.8 Å². The summed E-state index contributed by atoms with van der Waals surface area (Å²) in [5, 5.41) is 12.4. The monoisotopic (exact) mass is 455 g/mol. The number of carbonyl (C=O) groups is 2. The van der Waals surface area contributed by atoms with Crippen LogP contribution in [0.4, 0.5) is 4.39 Å². The molecule has 2 amide bonds. The highest BCUT2D eigenvalue weighted by Gasteiger charge is 2.29. The van der Waals surface area contributed by atoms with E-state index in [1.807, 2.05) is 36.4 Å². The van der Waals surface area contributed by atoms with Gasteiger partial charge in [0.15, 0.2) is 0 Å². The van der Waals surface area contributed by atoms with Crippen molar-refractivity contribution in [1.29, 1.82) is 5.26 Å². The highest BCUT2D eigenvalue weighted by atomic mass is 19.1. The fourth-order valence-corrected chi connectivity index (χ4v) is 4.31. The van der Waals surface area contributed by atoms with E-state index < -0.39 is 0 Å². The van der Waals surface area contributed by atoms with E-state index in [0.29, 0.717) is 42.6 Å². The lowest BCUT2D eigenvalue weighted by molar-refractivity contribution is -0.126. The second-order valence-electron chi connectivity index (χ2n) is 8.57. The van der Waals surface area contributed by atoms with E-state index in [9.17, 15) is 19.2 Å². The molecule has 1 heterocycles. The van der Waals surface area contributed by atoms with Crippen LogP contribution in [0.25, 0.3) is 11.1 Å². The van der Waals surface area contributed by atoms with Gasteiger partial charge in [-0.25, -0.2) is 4.39 Å². The van der Waals surface area contributed by atoms with E-state index in [4.69, 9.17) is 0 Å². The summed E-state index contributed by atoms with van der Waals surface area (Å²) in [7, 11) is 0. The minimum atomic E-state index is -0.281. The van der Waals surface area contributed by atoms with Crippen LogP contribution in [0, 0.1) is 30.0 Å². The highest BCUT2D eigenvalue weighted by molar-refractivity contribution is 6.01. The summed E-state index contributed by atoms with van der Waals surface area (Å²) < 4.78 is 13.7. The molecule has 1 aliphatic heterocycles. The maximum atomic E-state index is 13.7. The second kappa shape index (κ2) is 10.3. The zero-order chi connectivity index (χ0) is 24.1. The van der Waals surface area contributed by atoms with Gasteiger partial charge in [-0.3, -0.25) is 9.59 Å². The van der Waals surface area contributed by atoms with E-state index in [-0.39, 0.29) is 30.1 Å². The van der Waals surface area contributed by atoms with Crippen LogP contribution in [-0.4, -0.2) is 29.8 Å². The molecule has 0 radical (unpaired) electrons. The van der Waals surface area contributed by atoms with Crippen molar-refractivity contribution in [3.63, 3.8) is 0 Å². The van der Waals surface area contributed by atoms with Crippen molar-refractivity contribution < 1.29 is 14.0 Å². The lowest BCUT2D eigenvalue weighted by atomic mass is 9.93. The van der Waals surface area contributed by atoms with Crippen molar-refractivity contribution in [1.82, 2.24) is 10.2 Å². The number of benzene rings is 3. The third kappa shape index (κ3) is 4.99. The zero-order valence-electron chi connectivity index (χ0n) is 19.1. The summed E-state index contributed by atoms with van der Waals surface area (Å²) in [4.78, 5) is 27.8. The summed E-state index contributed by atoms with van der Waals surface area (Å²) in [6, 6.07) is 21.7. The number of halogens is 1. The second-order valence-corrected chi connectivity index (χ2v) is 8.57. The molecular weight excluding hydrogens is 429 g/mol. The molecule has 1 fully saturated rings. The summed E-state index contributed by atoms with van der Waals surface area (Å²) in [6.45, 7) is 2.93. The fraction of sp³-hybridized carbons (Fsp3) is 0.250. The molecule has 0 aromatic heterocycles. The number of piperidine rings is 1. The first-order valence-corrected chi connectivity index (χ1v) is 11.4. The number of nitrogens with zero attached hydrogens (tertiary/aromatic N) is 2. The van der Waals surface area contributed by atoms with Gasteiger partial charge in [-0.05, 0) is 54.7 Å². The number of likely N-dealkylation sites (tertiary alicyclic amines) is 1. The Hall–Kier alpha value is -3.98. The molecular formula is C28H26FN3O2. The predicted octanol–water partition coefficient (Wildman–Crippen LogP) is 4.84. The van der Waals surface area contributed by atoms with Crippen LogP contribution in [0.15, 0.2) is 66.7 Å². The van der Waals surface area contributed by atoms with Gasteiger partial charge in [-0.15, -0.1) is 0 Å². The molecule has 3 aromatic carbocycles. The molecule has 1 saturated heterocycles. The molecule has 0 bridgehead atoms. The molecule has 0 unspecified atom stereocenters. The number of aryl methyl sites for hydroxylation is 1. The lowest BCUT2D eigenvalue weighted by Gasteiger charge is -2.32. The molecule has 5 nitrogen and oxygen atoms in total. The van der Waals surface area contributed by atoms with Crippen LogP contribution in [0.5, 0.6) is 0 Å². The predicted molar refractivity (Wildman–Crippen MR) is 128 cm³/mol. The maximum absolute atomic E-state index is 13.7. The van der Waals surface area contributed by atoms with Gasteiger partial charge in [0.25, 0.3) is 5.91 Å². The average molecular weight is 456 g/mol. The molecule has 0 aliphatic carbocycles. The number of carbonyl (C=O) groups excluding carboxylic acids is 2. The molecule has 172 valence electrons. The van der Waals surface area contributed by atoms with Gasteiger partial charge in [0.05, 0.1) is 11.6 Å². The zero-order valence-corrected chi connectivity index (χ0v) is 19.1. The van der Waals surface area contributed by atoms with Crippen molar-refractivity contribution in [3.8, 4) is 17.2 Å². The van der Waals surface area contributed by atoms with Crippen LogP contribution in [0.3, 0.4) is 0 Å². The first kappa shape index (κ1) is 23.2. The van der Waals surface area contributed by atoms with Gasteiger partial charge in [0, 0.05) is 36.7 Å². The Morgan fingerprint density at radius 2 is 1.71 bits per heavy atom. The van der Waals surface area contributed by atoms with Crippen molar-refractivity contribution in [3.05, 3.63) is 94.8 Å². The normalized spacial score (nSPS) is 13.9. The first-order valence-electron chi connectivity index (χ1n) is 11.4. The minimum Gasteiger partial charge on any atom is -0.352 e. The number of nitriles is 1. The van der Waals surface area contributed by atoms with Crippen molar-refractivity contribution in [2.75, 3.05) is 13.1 Å². The Kier molecular flexibility index (Phi) is 7.03. The Labute approximate surface area is 198 Å². The molecule has 0 spiro atoms. The van der Waals surface area contributed by atoms with Crippen LogP contribution >= 0.6 is 0 Å². The summed E-state index contributed by atoms with van der Waals surface area (Å²) in [5.41, 5.74) is 3.83. The van der Waals surface area contributed by atoms with Gasteiger partial charge in [0.2, 0.25) is 5.91 Å². The van der Waals surface area contributed by atoms with Gasteiger partial charge in [0.1, 0.15) is 5.82 Å². The number of rotatable bonds is 5. The minimum absolute atomic E-state index is 0.0728. The SMILES string of the molecule is Cc1ccc(CNC(=O)C2CCN(C(=O)c3ccccc3-c3ccccc3C#N)CC2)cc1F. The number of nitrogens with one attached hydrogen (secondary N) is 1. The summed E-state index contributed by atoms with van der Waals surface area (Å²) in [6.07, 6.45) is 1.13. The third-order valence-electron chi connectivity index (χ3n) is 6.35. The smallest absolute Gasteiger partial charge is 0.254 e. The van der Waals surface area contributed by atoms with Gasteiger partial charge < -0.3 is 10.2 Å². The molecule has 3 aromatic rings. The molecule has 0 saturated carbocycles. The summed E-state index contributed by atoms with van der Waals surface area (Å²) in [5.74, 6) is -0.640. The van der Waals surface area contributed by atoms with E-state index in [1.54, 1.807) is 36.1 Å². The molecule has 34 heavy (non-hydrogen) atoms. The maximum Gasteiger partial charge on any atom is 0.254 e. The van der Waals surface area contributed by atoms with Crippen LogP contribution in [-0.2, 0) is 11.3 Å². The largest absolute Gasteiger partial charge is 0.352 e. The van der Waals surface area contributed by atoms with Crippen LogP contribution < -0.4 is 5.32 Å². The standard InChI is InChI=1S/C28H26FN3O2/c1-19-10-11-20(16-26(19)29)18-31-27(33)21-12-14-32(15-13-21)28(34)25-9-5-4-8-24(25)23-7-3-2-6-22(23)17-30/h2-11,16,21H,12-15,18H2,1H3,(H,31,33). The average Bonchev–Trinajstić information content (AvgIpc) is 2.88. The fourth-order valence-electron chi connectivity index (χ4n) is 4.31.